The molecule has 1 aliphatic carbocycles. The van der Waals surface area contributed by atoms with Crippen LogP contribution in [0.3, 0.4) is 0 Å². The van der Waals surface area contributed by atoms with Crippen LogP contribution < -0.4 is 5.32 Å². The van der Waals surface area contributed by atoms with E-state index in [2.05, 4.69) is 23.5 Å². The number of rotatable bonds is 3. The number of benzene rings is 2. The number of aliphatic carboxylic acids is 1. The van der Waals surface area contributed by atoms with Gasteiger partial charge in [-0.2, -0.15) is 0 Å². The Morgan fingerprint density at radius 1 is 1.20 bits per heavy atom. The van der Waals surface area contributed by atoms with E-state index in [0.29, 0.717) is 26.1 Å². The van der Waals surface area contributed by atoms with Crippen LogP contribution in [-0.2, 0) is 11.3 Å². The minimum Gasteiger partial charge on any atom is -0.481 e. The molecule has 1 saturated carbocycles. The lowest BCUT2D eigenvalue weighted by Crippen LogP contribution is -2.41. The third kappa shape index (κ3) is 2.64. The summed E-state index contributed by atoms with van der Waals surface area (Å²) in [6.45, 7) is 1.32. The number of nitrogens with one attached hydrogen (secondary N) is 1. The van der Waals surface area contributed by atoms with E-state index in [1.807, 2.05) is 24.3 Å². The van der Waals surface area contributed by atoms with Gasteiger partial charge in [0.1, 0.15) is 0 Å². The Morgan fingerprint density at radius 2 is 2.00 bits per heavy atom. The van der Waals surface area contributed by atoms with Crippen molar-refractivity contribution in [3.63, 3.8) is 0 Å². The van der Waals surface area contributed by atoms with Gasteiger partial charge < -0.3 is 15.3 Å². The van der Waals surface area contributed by atoms with E-state index in [1.165, 1.54) is 0 Å². The van der Waals surface area contributed by atoms with Gasteiger partial charge in [-0.15, -0.1) is 0 Å². The van der Waals surface area contributed by atoms with Crippen LogP contribution in [0.2, 0.25) is 0 Å². The van der Waals surface area contributed by atoms with Crippen LogP contribution in [0.25, 0.3) is 10.8 Å². The van der Waals surface area contributed by atoms with Crippen molar-refractivity contribution in [1.82, 2.24) is 10.2 Å². The molecule has 1 heterocycles. The van der Waals surface area contributed by atoms with Crippen LogP contribution in [0.5, 0.6) is 0 Å². The van der Waals surface area contributed by atoms with Crippen LogP contribution in [0.15, 0.2) is 42.5 Å². The first-order chi connectivity index (χ1) is 12.1. The third-order valence-corrected chi connectivity index (χ3v) is 5.89. The van der Waals surface area contributed by atoms with Crippen molar-refractivity contribution in [2.75, 3.05) is 13.1 Å². The number of carbonyl (C=O) groups excluding carboxylic acids is 1. The molecule has 0 aromatic heterocycles. The summed E-state index contributed by atoms with van der Waals surface area (Å²) < 4.78 is 0. The summed E-state index contributed by atoms with van der Waals surface area (Å²) in [6, 6.07) is 14.0. The van der Waals surface area contributed by atoms with Crippen molar-refractivity contribution in [3.8, 4) is 0 Å². The monoisotopic (exact) mass is 338 g/mol. The van der Waals surface area contributed by atoms with Crippen molar-refractivity contribution in [2.24, 2.45) is 11.3 Å². The van der Waals surface area contributed by atoms with Crippen LogP contribution in [0.4, 0.5) is 4.79 Å². The average molecular weight is 338 g/mol. The zero-order valence-corrected chi connectivity index (χ0v) is 14.1. The molecule has 2 fully saturated rings. The SMILES string of the molecule is O=C(NCc1cccc2ccccc12)N1C[C@@H]2CCC[C@@]2(C(=O)O)C1. The van der Waals surface area contributed by atoms with Gasteiger partial charge in [-0.05, 0) is 35.1 Å². The standard InChI is InChI=1S/C20H22N2O3/c23-18(24)20-10-4-8-16(20)12-22(13-20)19(25)21-11-15-7-3-6-14-5-1-2-9-17(14)15/h1-3,5-7,9,16H,4,8,10-13H2,(H,21,25)(H,23,24)/t16-,20+/m0/s1. The Kier molecular flexibility index (Phi) is 3.86. The molecule has 2 atom stereocenters. The van der Waals surface area contributed by atoms with Crippen molar-refractivity contribution < 1.29 is 14.7 Å². The molecule has 0 unspecified atom stereocenters. The highest BCUT2D eigenvalue weighted by Gasteiger charge is 2.55. The average Bonchev–Trinajstić information content (AvgIpc) is 3.18. The minimum absolute atomic E-state index is 0.0910. The van der Waals surface area contributed by atoms with Crippen LogP contribution >= 0.6 is 0 Å². The third-order valence-electron chi connectivity index (χ3n) is 5.89. The first-order valence-electron chi connectivity index (χ1n) is 8.83. The van der Waals surface area contributed by atoms with Gasteiger partial charge in [0, 0.05) is 19.6 Å². The van der Waals surface area contributed by atoms with Crippen molar-refractivity contribution in [1.29, 1.82) is 0 Å². The molecule has 2 aromatic carbocycles. The summed E-state index contributed by atoms with van der Waals surface area (Å²) in [7, 11) is 0. The van der Waals surface area contributed by atoms with E-state index >= 15 is 0 Å². The largest absolute Gasteiger partial charge is 0.481 e. The van der Waals surface area contributed by atoms with Gasteiger partial charge in [0.25, 0.3) is 0 Å². The fraction of sp³-hybridized carbons (Fsp3) is 0.400. The van der Waals surface area contributed by atoms with Gasteiger partial charge in [-0.1, -0.05) is 48.9 Å². The van der Waals surface area contributed by atoms with Gasteiger partial charge in [0.2, 0.25) is 0 Å². The molecule has 2 N–H and O–H groups in total. The van der Waals surface area contributed by atoms with Crippen molar-refractivity contribution >= 4 is 22.8 Å². The molecular weight excluding hydrogens is 316 g/mol. The van der Waals surface area contributed by atoms with Gasteiger partial charge in [0.05, 0.1) is 5.41 Å². The molecule has 0 radical (unpaired) electrons. The minimum atomic E-state index is -0.751. The molecule has 2 aromatic rings. The van der Waals surface area contributed by atoms with Gasteiger partial charge >= 0.3 is 12.0 Å². The molecule has 5 nitrogen and oxygen atoms in total. The summed E-state index contributed by atoms with van der Waals surface area (Å²) in [4.78, 5) is 26.0. The van der Waals surface area contributed by atoms with Crippen LogP contribution in [0, 0.1) is 11.3 Å². The van der Waals surface area contributed by atoms with Crippen LogP contribution in [-0.4, -0.2) is 35.1 Å². The Morgan fingerprint density at radius 3 is 2.80 bits per heavy atom. The molecule has 1 aliphatic heterocycles. The summed E-state index contributed by atoms with van der Waals surface area (Å²) in [6.07, 6.45) is 2.53. The highest BCUT2D eigenvalue weighted by Crippen LogP contribution is 2.48. The Labute approximate surface area is 146 Å². The summed E-state index contributed by atoms with van der Waals surface area (Å²) in [5.74, 6) is -0.660. The predicted octanol–water partition coefficient (Wildman–Crippen LogP) is 3.24. The number of carboxylic acid groups (broad SMARTS) is 1. The fourth-order valence-electron chi connectivity index (χ4n) is 4.52. The van der Waals surface area contributed by atoms with E-state index in [4.69, 9.17) is 0 Å². The number of carbonyl (C=O) groups is 2. The predicted molar refractivity (Wildman–Crippen MR) is 95.2 cm³/mol. The van der Waals surface area contributed by atoms with E-state index in [-0.39, 0.29) is 11.9 Å². The fourth-order valence-corrected chi connectivity index (χ4v) is 4.52. The molecule has 25 heavy (non-hydrogen) atoms. The lowest BCUT2D eigenvalue weighted by Gasteiger charge is -2.23. The number of amides is 2. The Bertz CT molecular complexity index is 829. The van der Waals surface area contributed by atoms with Crippen molar-refractivity contribution in [3.05, 3.63) is 48.0 Å². The topological polar surface area (TPSA) is 69.6 Å². The molecule has 2 aliphatic rings. The van der Waals surface area contributed by atoms with Crippen molar-refractivity contribution in [2.45, 2.75) is 25.8 Å². The normalized spacial score (nSPS) is 25.1. The van der Waals surface area contributed by atoms with E-state index in [1.54, 1.807) is 4.90 Å². The maximum absolute atomic E-state index is 12.6. The summed E-state index contributed by atoms with van der Waals surface area (Å²) in [5.41, 5.74) is 0.343. The molecule has 4 rings (SSSR count). The number of urea groups is 1. The van der Waals surface area contributed by atoms with Gasteiger partial charge in [-0.3, -0.25) is 4.79 Å². The molecule has 1 saturated heterocycles. The second-order valence-corrected chi connectivity index (χ2v) is 7.23. The van der Waals surface area contributed by atoms with Gasteiger partial charge in [-0.25, -0.2) is 4.79 Å². The number of carboxylic acids is 1. The number of hydrogen-bond donors (Lipinski definition) is 2. The molecular formula is C20H22N2O3. The zero-order valence-electron chi connectivity index (χ0n) is 14.1. The highest BCUT2D eigenvalue weighted by molar-refractivity contribution is 5.86. The Hall–Kier alpha value is -2.56. The molecule has 5 heteroatoms. The number of likely N-dealkylation sites (tertiary alicyclic amines) is 1. The number of hydrogen-bond acceptors (Lipinski definition) is 2. The first kappa shape index (κ1) is 15.9. The van der Waals surface area contributed by atoms with Gasteiger partial charge in [0.15, 0.2) is 0 Å². The molecule has 0 spiro atoms. The lowest BCUT2D eigenvalue weighted by molar-refractivity contribution is -0.149. The molecule has 2 amide bonds. The summed E-state index contributed by atoms with van der Waals surface area (Å²) >= 11 is 0. The number of nitrogens with zero attached hydrogens (tertiary/aromatic N) is 1. The van der Waals surface area contributed by atoms with E-state index < -0.39 is 11.4 Å². The molecule has 0 bridgehead atoms. The van der Waals surface area contributed by atoms with E-state index in [0.717, 1.165) is 29.2 Å². The molecule has 130 valence electrons. The maximum Gasteiger partial charge on any atom is 0.317 e. The summed E-state index contributed by atoms with van der Waals surface area (Å²) in [5, 5.41) is 14.9. The highest BCUT2D eigenvalue weighted by atomic mass is 16.4. The second kappa shape index (κ2) is 6.06. The zero-order chi connectivity index (χ0) is 17.4. The quantitative estimate of drug-likeness (QED) is 0.903. The smallest absolute Gasteiger partial charge is 0.317 e. The Balaban J connectivity index is 1.46. The van der Waals surface area contributed by atoms with E-state index in [9.17, 15) is 14.7 Å². The number of fused-ring (bicyclic) bond motifs is 2. The maximum atomic E-state index is 12.6. The second-order valence-electron chi connectivity index (χ2n) is 7.23. The van der Waals surface area contributed by atoms with Crippen LogP contribution in [0.1, 0.15) is 24.8 Å². The lowest BCUT2D eigenvalue weighted by atomic mass is 9.81. The first-order valence-corrected chi connectivity index (χ1v) is 8.83.